The number of para-hydroxylation sites is 1. The molecule has 0 amide bonds. The lowest BCUT2D eigenvalue weighted by molar-refractivity contribution is 0.358. The molecule has 0 spiro atoms. The molecule has 2 nitrogen and oxygen atoms in total. The Morgan fingerprint density at radius 2 is 1.89 bits per heavy atom. The predicted octanol–water partition coefficient (Wildman–Crippen LogP) is 3.59. The number of aryl methyl sites for hydroxylation is 1. The average Bonchev–Trinajstić information content (AvgIpc) is 2.48. The van der Waals surface area contributed by atoms with Crippen molar-refractivity contribution in [2.45, 2.75) is 45.4 Å². The Balaban J connectivity index is 2.09. The first-order valence-corrected chi connectivity index (χ1v) is 7.88. The highest BCUT2D eigenvalue weighted by molar-refractivity contribution is 5.53. The summed E-state index contributed by atoms with van der Waals surface area (Å²) < 4.78 is 0. The van der Waals surface area contributed by atoms with Gasteiger partial charge in [-0.3, -0.25) is 0 Å². The maximum absolute atomic E-state index is 5.82. The van der Waals surface area contributed by atoms with Gasteiger partial charge in [-0.15, -0.1) is 0 Å². The van der Waals surface area contributed by atoms with E-state index in [9.17, 15) is 0 Å². The van der Waals surface area contributed by atoms with Gasteiger partial charge in [-0.25, -0.2) is 0 Å². The lowest BCUT2D eigenvalue weighted by atomic mass is 9.88. The molecule has 0 heterocycles. The van der Waals surface area contributed by atoms with E-state index < -0.39 is 0 Å². The Kier molecular flexibility index (Phi) is 5.71. The molecule has 0 aromatic heterocycles. The lowest BCUT2D eigenvalue weighted by Crippen LogP contribution is -2.35. The minimum absolute atomic E-state index is 0.741. The molecule has 2 heteroatoms. The van der Waals surface area contributed by atoms with Crippen LogP contribution in [0.5, 0.6) is 0 Å². The Morgan fingerprint density at radius 1 is 1.16 bits per heavy atom. The maximum Gasteiger partial charge on any atom is 0.0399 e. The van der Waals surface area contributed by atoms with E-state index in [1.54, 1.807) is 0 Å². The molecule has 19 heavy (non-hydrogen) atoms. The summed E-state index contributed by atoms with van der Waals surface area (Å²) in [5.74, 6) is 0.866. The smallest absolute Gasteiger partial charge is 0.0399 e. The molecule has 1 aliphatic carbocycles. The Labute approximate surface area is 118 Å². The molecule has 0 radical (unpaired) electrons. The van der Waals surface area contributed by atoms with Crippen molar-refractivity contribution in [2.75, 3.05) is 24.5 Å². The summed E-state index contributed by atoms with van der Waals surface area (Å²) in [7, 11) is 0. The quantitative estimate of drug-likeness (QED) is 0.847. The van der Waals surface area contributed by atoms with Gasteiger partial charge in [-0.05, 0) is 36.8 Å². The fourth-order valence-corrected chi connectivity index (χ4v) is 3.27. The van der Waals surface area contributed by atoms with Crippen LogP contribution >= 0.6 is 0 Å². The SMILES string of the molecule is CCc1ccccc1N(CCN)CC1CCCCC1. The molecule has 0 saturated heterocycles. The molecular formula is C17H28N2. The number of rotatable bonds is 6. The summed E-state index contributed by atoms with van der Waals surface area (Å²) in [4.78, 5) is 2.52. The Hall–Kier alpha value is -1.02. The molecule has 0 unspecified atom stereocenters. The second-order valence-electron chi connectivity index (χ2n) is 5.72. The van der Waals surface area contributed by atoms with Crippen molar-refractivity contribution in [2.24, 2.45) is 11.7 Å². The van der Waals surface area contributed by atoms with E-state index in [0.717, 1.165) is 25.4 Å². The van der Waals surface area contributed by atoms with Crippen LogP contribution in [0.4, 0.5) is 5.69 Å². The van der Waals surface area contributed by atoms with Gasteiger partial charge < -0.3 is 10.6 Å². The molecule has 106 valence electrons. The van der Waals surface area contributed by atoms with Crippen molar-refractivity contribution >= 4 is 5.69 Å². The van der Waals surface area contributed by atoms with Gasteiger partial charge in [0.05, 0.1) is 0 Å². The highest BCUT2D eigenvalue weighted by Crippen LogP contribution is 2.28. The van der Waals surface area contributed by atoms with Crippen LogP contribution in [0.1, 0.15) is 44.6 Å². The molecule has 2 rings (SSSR count). The molecule has 1 aromatic carbocycles. The minimum Gasteiger partial charge on any atom is -0.370 e. The second-order valence-corrected chi connectivity index (χ2v) is 5.72. The fourth-order valence-electron chi connectivity index (χ4n) is 3.27. The van der Waals surface area contributed by atoms with E-state index >= 15 is 0 Å². The van der Waals surface area contributed by atoms with E-state index in [1.165, 1.54) is 49.9 Å². The van der Waals surface area contributed by atoms with Gasteiger partial charge in [0.15, 0.2) is 0 Å². The number of hydrogen-bond donors (Lipinski definition) is 1. The molecule has 0 bridgehead atoms. The van der Waals surface area contributed by atoms with Crippen molar-refractivity contribution in [1.82, 2.24) is 0 Å². The summed E-state index contributed by atoms with van der Waals surface area (Å²) in [6.07, 6.45) is 8.15. The van der Waals surface area contributed by atoms with Gasteiger partial charge >= 0.3 is 0 Å². The normalized spacial score (nSPS) is 16.5. The van der Waals surface area contributed by atoms with E-state index in [1.807, 2.05) is 0 Å². The first-order chi connectivity index (χ1) is 9.35. The van der Waals surface area contributed by atoms with Crippen molar-refractivity contribution in [3.8, 4) is 0 Å². The topological polar surface area (TPSA) is 29.3 Å². The van der Waals surface area contributed by atoms with Gasteiger partial charge in [-0.2, -0.15) is 0 Å². The molecule has 0 aliphatic heterocycles. The van der Waals surface area contributed by atoms with Crippen molar-refractivity contribution in [1.29, 1.82) is 0 Å². The molecular weight excluding hydrogens is 232 g/mol. The number of hydrogen-bond acceptors (Lipinski definition) is 2. The fraction of sp³-hybridized carbons (Fsp3) is 0.647. The van der Waals surface area contributed by atoms with Gasteiger partial charge in [-0.1, -0.05) is 44.4 Å². The Morgan fingerprint density at radius 3 is 2.58 bits per heavy atom. The van der Waals surface area contributed by atoms with Crippen molar-refractivity contribution in [3.63, 3.8) is 0 Å². The lowest BCUT2D eigenvalue weighted by Gasteiger charge is -2.32. The molecule has 1 aliphatic rings. The Bertz CT molecular complexity index is 369. The predicted molar refractivity (Wildman–Crippen MR) is 83.7 cm³/mol. The zero-order chi connectivity index (χ0) is 13.5. The molecule has 1 saturated carbocycles. The van der Waals surface area contributed by atoms with Gasteiger partial charge in [0, 0.05) is 25.3 Å². The zero-order valence-corrected chi connectivity index (χ0v) is 12.3. The first kappa shape index (κ1) is 14.4. The molecule has 1 aromatic rings. The van der Waals surface area contributed by atoms with Gasteiger partial charge in [0.25, 0.3) is 0 Å². The monoisotopic (exact) mass is 260 g/mol. The highest BCUT2D eigenvalue weighted by atomic mass is 15.1. The van der Waals surface area contributed by atoms with Crippen LogP contribution in [0.2, 0.25) is 0 Å². The highest BCUT2D eigenvalue weighted by Gasteiger charge is 2.18. The number of benzene rings is 1. The summed E-state index contributed by atoms with van der Waals surface area (Å²) in [6, 6.07) is 8.81. The van der Waals surface area contributed by atoms with Gasteiger partial charge in [0.2, 0.25) is 0 Å². The third-order valence-corrected chi connectivity index (χ3v) is 4.32. The third-order valence-electron chi connectivity index (χ3n) is 4.32. The number of nitrogens with two attached hydrogens (primary N) is 1. The van der Waals surface area contributed by atoms with Crippen LogP contribution in [-0.2, 0) is 6.42 Å². The van der Waals surface area contributed by atoms with Crippen LogP contribution in [0.25, 0.3) is 0 Å². The van der Waals surface area contributed by atoms with E-state index in [0.29, 0.717) is 0 Å². The zero-order valence-electron chi connectivity index (χ0n) is 12.3. The minimum atomic E-state index is 0.741. The van der Waals surface area contributed by atoms with Crippen LogP contribution in [-0.4, -0.2) is 19.6 Å². The van der Waals surface area contributed by atoms with Gasteiger partial charge in [0.1, 0.15) is 0 Å². The second kappa shape index (κ2) is 7.54. The molecule has 2 N–H and O–H groups in total. The van der Waals surface area contributed by atoms with Crippen LogP contribution in [0, 0.1) is 5.92 Å². The summed E-state index contributed by atoms with van der Waals surface area (Å²) in [5, 5.41) is 0. The van der Waals surface area contributed by atoms with Crippen LogP contribution in [0.15, 0.2) is 24.3 Å². The van der Waals surface area contributed by atoms with E-state index in [2.05, 4.69) is 36.1 Å². The largest absolute Gasteiger partial charge is 0.370 e. The molecule has 0 atom stereocenters. The van der Waals surface area contributed by atoms with E-state index in [-0.39, 0.29) is 0 Å². The van der Waals surface area contributed by atoms with Crippen molar-refractivity contribution < 1.29 is 0 Å². The summed E-state index contributed by atoms with van der Waals surface area (Å²) in [6.45, 7) is 5.15. The standard InChI is InChI=1S/C17H28N2/c1-2-16-10-6-7-11-17(16)19(13-12-18)14-15-8-4-3-5-9-15/h6-7,10-11,15H,2-5,8-9,12-14,18H2,1H3. The first-order valence-electron chi connectivity index (χ1n) is 7.88. The third kappa shape index (κ3) is 3.97. The number of anilines is 1. The van der Waals surface area contributed by atoms with Crippen LogP contribution < -0.4 is 10.6 Å². The average molecular weight is 260 g/mol. The number of nitrogens with zero attached hydrogens (tertiary/aromatic N) is 1. The molecule has 1 fully saturated rings. The van der Waals surface area contributed by atoms with Crippen molar-refractivity contribution in [3.05, 3.63) is 29.8 Å². The van der Waals surface area contributed by atoms with E-state index in [4.69, 9.17) is 5.73 Å². The summed E-state index contributed by atoms with van der Waals surface area (Å²) in [5.41, 5.74) is 8.68. The van der Waals surface area contributed by atoms with Crippen LogP contribution in [0.3, 0.4) is 0 Å². The maximum atomic E-state index is 5.82. The summed E-state index contributed by atoms with van der Waals surface area (Å²) >= 11 is 0.